The molecule has 0 amide bonds. The van der Waals surface area contributed by atoms with Crippen molar-refractivity contribution >= 4 is 23.9 Å². The maximum absolute atomic E-state index is 13.2. The summed E-state index contributed by atoms with van der Waals surface area (Å²) in [6, 6.07) is 0. The number of aliphatic hydroxyl groups is 2. The molecule has 1 fully saturated rings. The lowest BCUT2D eigenvalue weighted by Gasteiger charge is -2.40. The Hall–Kier alpha value is -3.32. The highest BCUT2D eigenvalue weighted by atomic mass is 16.7. The number of ether oxygens (including phenoxy) is 5. The fraction of sp³-hybridized carbons (Fsp3) is 0.821. The number of aliphatic hydroxyl groups excluding tert-OH is 2. The Kier molecular flexibility index (Phi) is 51.5. The van der Waals surface area contributed by atoms with E-state index in [0.29, 0.717) is 19.3 Å². The van der Waals surface area contributed by atoms with Crippen molar-refractivity contribution in [3.05, 3.63) is 48.6 Å². The van der Waals surface area contributed by atoms with Crippen LogP contribution in [0.3, 0.4) is 0 Å². The molecule has 1 aliphatic heterocycles. The van der Waals surface area contributed by atoms with Crippen molar-refractivity contribution in [3.63, 3.8) is 0 Å². The van der Waals surface area contributed by atoms with E-state index < -0.39 is 67.3 Å². The molecule has 6 atom stereocenters. The van der Waals surface area contributed by atoms with Gasteiger partial charge in [-0.3, -0.25) is 14.4 Å². The van der Waals surface area contributed by atoms with Crippen molar-refractivity contribution in [1.29, 1.82) is 0 Å². The summed E-state index contributed by atoms with van der Waals surface area (Å²) in [6.07, 6.45) is 55.0. The average Bonchev–Trinajstić information content (AvgIpc) is 3.46. The monoisotopic (exact) mass is 1110 g/mol. The van der Waals surface area contributed by atoms with Gasteiger partial charge in [-0.15, -0.1) is 0 Å². The molecule has 12 nitrogen and oxygen atoms in total. The number of carboxylic acid groups (broad SMARTS) is 1. The highest BCUT2D eigenvalue weighted by Crippen LogP contribution is 2.27. The molecule has 1 aliphatic rings. The van der Waals surface area contributed by atoms with Gasteiger partial charge in [-0.05, 0) is 77.0 Å². The van der Waals surface area contributed by atoms with Crippen LogP contribution < -0.4 is 0 Å². The summed E-state index contributed by atoms with van der Waals surface area (Å²) in [5, 5.41) is 31.6. The molecule has 0 bridgehead atoms. The maximum Gasteiger partial charge on any atom is 0.335 e. The van der Waals surface area contributed by atoms with E-state index in [9.17, 15) is 34.5 Å². The SMILES string of the molecule is CC/C=C\C/C=C\C/C=C\CCCCCCCCCC(=O)OCC(COC1OC(C(=O)O)C(O)C(O)C1OC(=O)CCCCCCC/C=C\CCCCCCCC)OC(=O)CCCCCCCCCCCCCCCCCCC. The van der Waals surface area contributed by atoms with Crippen molar-refractivity contribution in [2.45, 2.75) is 340 Å². The molecule has 1 rings (SSSR count). The second kappa shape index (κ2) is 55.2. The second-order valence-electron chi connectivity index (χ2n) is 22.4. The zero-order chi connectivity index (χ0) is 57.5. The van der Waals surface area contributed by atoms with Crippen molar-refractivity contribution in [2.24, 2.45) is 0 Å². The van der Waals surface area contributed by atoms with E-state index in [1.807, 2.05) is 0 Å². The summed E-state index contributed by atoms with van der Waals surface area (Å²) in [6.45, 7) is 5.91. The predicted molar refractivity (Wildman–Crippen MR) is 322 cm³/mol. The van der Waals surface area contributed by atoms with Crippen LogP contribution in [0, 0.1) is 0 Å². The number of esters is 3. The van der Waals surface area contributed by atoms with E-state index in [1.54, 1.807) is 0 Å². The van der Waals surface area contributed by atoms with Crippen LogP contribution in [0.1, 0.15) is 303 Å². The Morgan fingerprint density at radius 3 is 1.23 bits per heavy atom. The third-order valence-electron chi connectivity index (χ3n) is 14.9. The van der Waals surface area contributed by atoms with E-state index in [0.717, 1.165) is 109 Å². The molecule has 3 N–H and O–H groups in total. The molecule has 458 valence electrons. The van der Waals surface area contributed by atoms with E-state index in [2.05, 4.69) is 69.4 Å². The van der Waals surface area contributed by atoms with E-state index in [4.69, 9.17) is 23.7 Å². The smallest absolute Gasteiger partial charge is 0.335 e. The first-order valence-corrected chi connectivity index (χ1v) is 32.6. The summed E-state index contributed by atoms with van der Waals surface area (Å²) < 4.78 is 28.5. The van der Waals surface area contributed by atoms with Gasteiger partial charge >= 0.3 is 23.9 Å². The molecule has 0 spiro atoms. The number of hydrogen-bond donors (Lipinski definition) is 3. The molecule has 0 aliphatic carbocycles. The van der Waals surface area contributed by atoms with Gasteiger partial charge in [-0.2, -0.15) is 0 Å². The van der Waals surface area contributed by atoms with Crippen molar-refractivity contribution in [2.75, 3.05) is 13.2 Å². The van der Waals surface area contributed by atoms with Crippen molar-refractivity contribution < 1.29 is 58.2 Å². The minimum Gasteiger partial charge on any atom is -0.479 e. The lowest BCUT2D eigenvalue weighted by atomic mass is 9.98. The first-order chi connectivity index (χ1) is 38.6. The maximum atomic E-state index is 13.2. The van der Waals surface area contributed by atoms with Gasteiger partial charge in [0.1, 0.15) is 18.8 Å². The number of carbonyl (C=O) groups is 4. The number of unbranched alkanes of at least 4 members (excludes halogenated alkanes) is 34. The molecular formula is C67H118O12. The van der Waals surface area contributed by atoms with E-state index >= 15 is 0 Å². The topological polar surface area (TPSA) is 175 Å². The fourth-order valence-electron chi connectivity index (χ4n) is 9.91. The lowest BCUT2D eigenvalue weighted by molar-refractivity contribution is -0.301. The molecule has 6 unspecified atom stereocenters. The number of carbonyl (C=O) groups excluding carboxylic acids is 3. The molecule has 79 heavy (non-hydrogen) atoms. The lowest BCUT2D eigenvalue weighted by Crippen LogP contribution is -2.61. The third-order valence-corrected chi connectivity index (χ3v) is 14.9. The molecule has 1 heterocycles. The molecule has 0 aromatic rings. The summed E-state index contributed by atoms with van der Waals surface area (Å²) in [5.74, 6) is -3.11. The van der Waals surface area contributed by atoms with Gasteiger partial charge in [0.25, 0.3) is 0 Å². The molecule has 12 heteroatoms. The zero-order valence-corrected chi connectivity index (χ0v) is 50.6. The van der Waals surface area contributed by atoms with Crippen LogP contribution in [-0.2, 0) is 42.9 Å². The zero-order valence-electron chi connectivity index (χ0n) is 50.6. The summed E-state index contributed by atoms with van der Waals surface area (Å²) in [5.41, 5.74) is 0. The Labute approximate surface area is 482 Å². The standard InChI is InChI=1S/C67H118O12/c1-4-7-10-13-16-19-22-25-28-30-33-35-38-41-44-47-50-53-59(68)75-56-58(77-60(69)54-51-48-45-42-39-37-34-31-29-26-23-20-17-14-11-8-5-2)57-76-67-65(63(72)62(71)64(79-67)66(73)74)78-61(70)55-52-49-46-43-40-36-32-27-24-21-18-15-12-9-6-3/h7,10,16,19,25,27-28,32,58,62-65,67,71-72H,4-6,8-9,11-15,17-18,20-24,26,29-31,33-57H2,1-3H3,(H,73,74)/b10-7-,19-16-,28-25-,32-27-. The third kappa shape index (κ3) is 45.0. The van der Waals surface area contributed by atoms with Gasteiger partial charge in [0.2, 0.25) is 0 Å². The van der Waals surface area contributed by atoms with Gasteiger partial charge in [0.05, 0.1) is 6.61 Å². The highest BCUT2D eigenvalue weighted by Gasteiger charge is 2.50. The largest absolute Gasteiger partial charge is 0.479 e. The Morgan fingerprint density at radius 2 is 0.797 bits per heavy atom. The minimum absolute atomic E-state index is 0.0520. The Morgan fingerprint density at radius 1 is 0.430 bits per heavy atom. The first-order valence-electron chi connectivity index (χ1n) is 32.6. The summed E-state index contributed by atoms with van der Waals surface area (Å²) >= 11 is 0. The molecule has 0 radical (unpaired) electrons. The molecule has 0 aromatic heterocycles. The molecule has 0 aromatic carbocycles. The quantitative estimate of drug-likeness (QED) is 0.0228. The second-order valence-corrected chi connectivity index (χ2v) is 22.4. The Balaban J connectivity index is 2.66. The molecule has 0 saturated carbocycles. The number of carboxylic acids is 1. The first kappa shape index (κ1) is 73.7. The number of hydrogen-bond acceptors (Lipinski definition) is 11. The van der Waals surface area contributed by atoms with Gasteiger partial charge < -0.3 is 39.0 Å². The van der Waals surface area contributed by atoms with Crippen LogP contribution in [0.15, 0.2) is 48.6 Å². The van der Waals surface area contributed by atoms with Gasteiger partial charge in [-0.1, -0.05) is 256 Å². The van der Waals surface area contributed by atoms with Gasteiger partial charge in [0.15, 0.2) is 24.6 Å². The van der Waals surface area contributed by atoms with Crippen LogP contribution in [0.2, 0.25) is 0 Å². The predicted octanol–water partition coefficient (Wildman–Crippen LogP) is 17.3. The van der Waals surface area contributed by atoms with Crippen molar-refractivity contribution in [1.82, 2.24) is 0 Å². The minimum atomic E-state index is -1.91. The van der Waals surface area contributed by atoms with E-state index in [1.165, 1.54) is 135 Å². The summed E-state index contributed by atoms with van der Waals surface area (Å²) in [4.78, 5) is 51.3. The van der Waals surface area contributed by atoms with Crippen LogP contribution >= 0.6 is 0 Å². The number of allylic oxidation sites excluding steroid dienone is 8. The normalized spacial score (nSPS) is 18.1. The number of aliphatic carboxylic acids is 1. The van der Waals surface area contributed by atoms with E-state index in [-0.39, 0.29) is 25.9 Å². The fourth-order valence-corrected chi connectivity index (χ4v) is 9.91. The van der Waals surface area contributed by atoms with Crippen LogP contribution in [-0.4, -0.2) is 89.2 Å². The van der Waals surface area contributed by atoms with Crippen molar-refractivity contribution in [3.8, 4) is 0 Å². The number of rotatable bonds is 56. The van der Waals surface area contributed by atoms with Crippen LogP contribution in [0.4, 0.5) is 0 Å². The van der Waals surface area contributed by atoms with Crippen LogP contribution in [0.25, 0.3) is 0 Å². The highest BCUT2D eigenvalue weighted by molar-refractivity contribution is 5.74. The van der Waals surface area contributed by atoms with Gasteiger partial charge in [0, 0.05) is 19.3 Å². The van der Waals surface area contributed by atoms with Gasteiger partial charge in [-0.25, -0.2) is 4.79 Å². The van der Waals surface area contributed by atoms with Crippen LogP contribution in [0.5, 0.6) is 0 Å². The average molecular weight is 1120 g/mol. The molecular weight excluding hydrogens is 997 g/mol. The summed E-state index contributed by atoms with van der Waals surface area (Å²) in [7, 11) is 0. The molecule has 1 saturated heterocycles. The Bertz CT molecular complexity index is 1560.